The minimum atomic E-state index is -4.24. The fourth-order valence-corrected chi connectivity index (χ4v) is 8.28. The number of benzene rings is 2. The molecule has 0 radical (unpaired) electrons. The highest BCUT2D eigenvalue weighted by Crippen LogP contribution is 2.26. The van der Waals surface area contributed by atoms with E-state index in [1.807, 2.05) is 70.3 Å². The van der Waals surface area contributed by atoms with Gasteiger partial charge in [-0.3, -0.25) is 9.59 Å². The third kappa shape index (κ3) is 9.44. The number of nitrogens with zero attached hydrogens (tertiary/aromatic N) is 4. The number of carbonyl (C=O) groups excluding carboxylic acids is 3. The number of rotatable bonds is 16. The highest BCUT2D eigenvalue weighted by Gasteiger charge is 2.40. The summed E-state index contributed by atoms with van der Waals surface area (Å²) in [5.41, 5.74) is 1.48. The maximum atomic E-state index is 14.1. The molecule has 14 heteroatoms. The molecule has 3 N–H and O–H groups in total. The van der Waals surface area contributed by atoms with Crippen molar-refractivity contribution in [2.45, 2.75) is 77.6 Å². The van der Waals surface area contributed by atoms with Gasteiger partial charge in [0.15, 0.2) is 5.78 Å². The number of urea groups is 1. The molecule has 0 aliphatic carbocycles. The molecule has 49 heavy (non-hydrogen) atoms. The molecule has 1 fully saturated rings. The van der Waals surface area contributed by atoms with Gasteiger partial charge in [0.2, 0.25) is 15.9 Å². The Morgan fingerprint density at radius 1 is 1.06 bits per heavy atom. The SMILES string of the molecule is CC(=O)c1cc(S(=O)(=O)N(CC(C)C)C[C@@H](O)[C@H](Cc2ccccc2)NC(=O)[C@H](C(C)C)N2CCN(Cc3csc(C)n3)C2=O)ccc1O. The van der Waals surface area contributed by atoms with Crippen LogP contribution >= 0.6 is 11.3 Å². The summed E-state index contributed by atoms with van der Waals surface area (Å²) >= 11 is 1.51. The molecule has 3 aromatic rings. The fraction of sp³-hybridized carbons (Fsp3) is 0.486. The zero-order chi connectivity index (χ0) is 36.0. The summed E-state index contributed by atoms with van der Waals surface area (Å²) in [6, 6.07) is 10.7. The number of Topliss-reactive ketones (excluding diaryl/α,β-unsaturated/α-hetero) is 1. The number of hydrogen-bond donors (Lipinski definition) is 3. The van der Waals surface area contributed by atoms with Gasteiger partial charge in [0.25, 0.3) is 0 Å². The van der Waals surface area contributed by atoms with E-state index in [4.69, 9.17) is 0 Å². The van der Waals surface area contributed by atoms with Gasteiger partial charge in [0.1, 0.15) is 11.8 Å². The second-order valence-corrected chi connectivity index (χ2v) is 16.3. The van der Waals surface area contributed by atoms with E-state index in [2.05, 4.69) is 10.3 Å². The van der Waals surface area contributed by atoms with Gasteiger partial charge in [0, 0.05) is 31.6 Å². The van der Waals surface area contributed by atoms with Crippen LogP contribution in [0.25, 0.3) is 0 Å². The molecule has 3 amide bonds. The second-order valence-electron chi connectivity index (χ2n) is 13.3. The summed E-state index contributed by atoms with van der Waals surface area (Å²) in [5, 5.41) is 27.7. The number of carbonyl (C=O) groups is 3. The Balaban J connectivity index is 1.60. The Hall–Kier alpha value is -3.85. The summed E-state index contributed by atoms with van der Waals surface area (Å²) in [6.07, 6.45) is -1.15. The molecule has 2 heterocycles. The first-order valence-electron chi connectivity index (χ1n) is 16.4. The summed E-state index contributed by atoms with van der Waals surface area (Å²) in [6.45, 7) is 11.4. The second kappa shape index (κ2) is 16.2. The predicted molar refractivity (Wildman–Crippen MR) is 188 cm³/mol. The van der Waals surface area contributed by atoms with Crippen LogP contribution in [0.5, 0.6) is 5.75 Å². The molecular weight excluding hydrogens is 667 g/mol. The van der Waals surface area contributed by atoms with Crippen molar-refractivity contribution in [1.82, 2.24) is 24.4 Å². The first-order chi connectivity index (χ1) is 23.1. The molecule has 12 nitrogen and oxygen atoms in total. The first kappa shape index (κ1) is 38.0. The number of sulfonamides is 1. The lowest BCUT2D eigenvalue weighted by Crippen LogP contribution is -2.57. The van der Waals surface area contributed by atoms with Crippen LogP contribution in [-0.2, 0) is 27.8 Å². The summed E-state index contributed by atoms with van der Waals surface area (Å²) < 4.78 is 29.0. The number of aromatic nitrogens is 1. The van der Waals surface area contributed by atoms with E-state index in [9.17, 15) is 33.0 Å². The number of thiazole rings is 1. The molecule has 0 unspecified atom stereocenters. The zero-order valence-corrected chi connectivity index (χ0v) is 30.5. The van der Waals surface area contributed by atoms with Crippen LogP contribution in [0, 0.1) is 18.8 Å². The summed E-state index contributed by atoms with van der Waals surface area (Å²) in [4.78, 5) is 47.2. The van der Waals surface area contributed by atoms with Crippen LogP contribution < -0.4 is 5.32 Å². The molecule has 1 aliphatic heterocycles. The Morgan fingerprint density at radius 2 is 1.76 bits per heavy atom. The highest BCUT2D eigenvalue weighted by molar-refractivity contribution is 7.89. The maximum Gasteiger partial charge on any atom is 0.321 e. The molecular formula is C35H47N5O7S2. The van der Waals surface area contributed by atoms with E-state index in [0.29, 0.717) is 19.6 Å². The quantitative estimate of drug-likeness (QED) is 0.188. The van der Waals surface area contributed by atoms with Crippen molar-refractivity contribution in [3.63, 3.8) is 0 Å². The van der Waals surface area contributed by atoms with E-state index in [1.165, 1.54) is 24.3 Å². The molecule has 0 bridgehead atoms. The zero-order valence-electron chi connectivity index (χ0n) is 28.9. The van der Waals surface area contributed by atoms with E-state index in [1.54, 1.807) is 9.80 Å². The van der Waals surface area contributed by atoms with Gasteiger partial charge in [-0.05, 0) is 55.9 Å². The lowest BCUT2D eigenvalue weighted by atomic mass is 9.97. The molecule has 266 valence electrons. The lowest BCUT2D eigenvalue weighted by molar-refractivity contribution is -0.128. The third-order valence-corrected chi connectivity index (χ3v) is 11.1. The van der Waals surface area contributed by atoms with Gasteiger partial charge >= 0.3 is 6.03 Å². The van der Waals surface area contributed by atoms with E-state index in [-0.39, 0.29) is 53.6 Å². The number of amides is 3. The fourth-order valence-electron chi connectivity index (χ4n) is 6.03. The van der Waals surface area contributed by atoms with E-state index >= 15 is 0 Å². The number of aromatic hydroxyl groups is 1. The van der Waals surface area contributed by atoms with E-state index in [0.717, 1.165) is 32.7 Å². The van der Waals surface area contributed by atoms with Crippen molar-refractivity contribution in [2.75, 3.05) is 26.2 Å². The Bertz CT molecular complexity index is 1730. The lowest BCUT2D eigenvalue weighted by Gasteiger charge is -2.34. The molecule has 1 aliphatic rings. The summed E-state index contributed by atoms with van der Waals surface area (Å²) in [5.74, 6) is -1.66. The minimum absolute atomic E-state index is 0.0485. The maximum absolute atomic E-state index is 14.1. The molecule has 0 spiro atoms. The van der Waals surface area contributed by atoms with Crippen LogP contribution in [0.15, 0.2) is 58.8 Å². The molecule has 3 atom stereocenters. The Kier molecular flexibility index (Phi) is 12.6. The Labute approximate surface area is 292 Å². The number of nitrogens with one attached hydrogen (secondary N) is 1. The van der Waals surface area contributed by atoms with E-state index < -0.39 is 39.9 Å². The van der Waals surface area contributed by atoms with Crippen molar-refractivity contribution in [3.05, 3.63) is 75.7 Å². The van der Waals surface area contributed by atoms with Crippen molar-refractivity contribution < 1.29 is 33.0 Å². The number of phenolic OH excluding ortho intramolecular Hbond substituents is 1. The smallest absolute Gasteiger partial charge is 0.321 e. The van der Waals surface area contributed by atoms with Gasteiger partial charge in [-0.25, -0.2) is 18.2 Å². The predicted octanol–water partition coefficient (Wildman–Crippen LogP) is 4.06. The standard InChI is InChI=1S/C35H47N5O7S2/c1-22(2)18-39(49(46,47)28-12-13-31(42)29(17-28)24(5)41)20-32(43)30(16-26-10-8-7-9-11-26)37-34(44)33(23(3)4)40-15-14-38(35(40)45)19-27-21-48-25(6)36-27/h7-13,17,21-23,30,32-33,42-43H,14-16,18-20H2,1-6H3,(H,37,44)/t30-,32+,33-/m0/s1. The van der Waals surface area contributed by atoms with Gasteiger partial charge in [-0.2, -0.15) is 4.31 Å². The summed E-state index contributed by atoms with van der Waals surface area (Å²) in [7, 11) is -4.24. The molecule has 1 saturated heterocycles. The van der Waals surface area contributed by atoms with Crippen molar-refractivity contribution >= 4 is 39.1 Å². The average molecular weight is 714 g/mol. The number of ketones is 1. The van der Waals surface area contributed by atoms with Crippen molar-refractivity contribution in [1.29, 1.82) is 0 Å². The third-order valence-electron chi connectivity index (χ3n) is 8.42. The Morgan fingerprint density at radius 3 is 2.35 bits per heavy atom. The highest BCUT2D eigenvalue weighted by atomic mass is 32.2. The average Bonchev–Trinajstić information content (AvgIpc) is 3.60. The minimum Gasteiger partial charge on any atom is -0.507 e. The molecule has 0 saturated carbocycles. The number of phenols is 1. The number of hydrogen-bond acceptors (Lipinski definition) is 9. The molecule has 1 aromatic heterocycles. The number of aryl methyl sites for hydroxylation is 1. The molecule has 4 rings (SSSR count). The van der Waals surface area contributed by atoms with Gasteiger partial charge in [0.05, 0.1) is 39.9 Å². The van der Waals surface area contributed by atoms with Crippen molar-refractivity contribution in [2.24, 2.45) is 11.8 Å². The normalized spacial score (nSPS) is 15.7. The van der Waals surface area contributed by atoms with Gasteiger partial charge in [-0.1, -0.05) is 58.0 Å². The largest absolute Gasteiger partial charge is 0.507 e. The number of aliphatic hydroxyl groups is 1. The van der Waals surface area contributed by atoms with Gasteiger partial charge in [-0.15, -0.1) is 11.3 Å². The van der Waals surface area contributed by atoms with Crippen LogP contribution in [0.4, 0.5) is 4.79 Å². The van der Waals surface area contributed by atoms with Crippen LogP contribution in [-0.4, -0.2) is 99.8 Å². The molecule has 2 aromatic carbocycles. The topological polar surface area (TPSA) is 160 Å². The van der Waals surface area contributed by atoms with Crippen LogP contribution in [0.3, 0.4) is 0 Å². The monoisotopic (exact) mass is 713 g/mol. The van der Waals surface area contributed by atoms with Crippen LogP contribution in [0.2, 0.25) is 0 Å². The van der Waals surface area contributed by atoms with Crippen LogP contribution in [0.1, 0.15) is 61.2 Å². The number of aliphatic hydroxyl groups excluding tert-OH is 1. The van der Waals surface area contributed by atoms with Gasteiger partial charge < -0.3 is 25.3 Å². The van der Waals surface area contributed by atoms with Crippen molar-refractivity contribution in [3.8, 4) is 5.75 Å². The first-order valence-corrected chi connectivity index (χ1v) is 18.7.